The predicted octanol–water partition coefficient (Wildman–Crippen LogP) is 2.71. The summed E-state index contributed by atoms with van der Waals surface area (Å²) in [5, 5.41) is 0. The van der Waals surface area contributed by atoms with Crippen LogP contribution >= 0.6 is 11.8 Å². The molecule has 3 aliphatic rings. The first-order valence-corrected chi connectivity index (χ1v) is 11.2. The van der Waals surface area contributed by atoms with E-state index in [0.717, 1.165) is 62.4 Å². The number of hydrogen-bond acceptors (Lipinski definition) is 4. The lowest BCUT2D eigenvalue weighted by molar-refractivity contribution is -0.127. The van der Waals surface area contributed by atoms with E-state index in [0.29, 0.717) is 11.8 Å². The number of nitrogens with zero attached hydrogens (tertiary/aromatic N) is 3. The second kappa shape index (κ2) is 8.65. The highest BCUT2D eigenvalue weighted by molar-refractivity contribution is 8.00. The Morgan fingerprint density at radius 3 is 2.52 bits per heavy atom. The zero-order valence-corrected chi connectivity index (χ0v) is 16.8. The van der Waals surface area contributed by atoms with Crippen molar-refractivity contribution in [3.63, 3.8) is 0 Å². The quantitative estimate of drug-likeness (QED) is 0.745. The Labute approximate surface area is 166 Å². The summed E-state index contributed by atoms with van der Waals surface area (Å²) in [6.45, 7) is 5.71. The molecule has 1 unspecified atom stereocenters. The van der Waals surface area contributed by atoms with Gasteiger partial charge in [-0.3, -0.25) is 14.5 Å². The van der Waals surface area contributed by atoms with Gasteiger partial charge in [-0.25, -0.2) is 0 Å². The topological polar surface area (TPSA) is 43.9 Å². The molecule has 3 fully saturated rings. The Balaban J connectivity index is 1.43. The summed E-state index contributed by atoms with van der Waals surface area (Å²) in [5.74, 6) is 0.734. The van der Waals surface area contributed by atoms with E-state index >= 15 is 0 Å². The lowest BCUT2D eigenvalue weighted by atomic mass is 10.1. The van der Waals surface area contributed by atoms with Crippen molar-refractivity contribution in [1.82, 2.24) is 14.7 Å². The highest BCUT2D eigenvalue weighted by atomic mass is 32.2. The summed E-state index contributed by atoms with van der Waals surface area (Å²) in [4.78, 5) is 33.1. The van der Waals surface area contributed by atoms with Crippen LogP contribution in [0, 0.1) is 0 Å². The summed E-state index contributed by atoms with van der Waals surface area (Å²) in [6.07, 6.45) is 5.71. The van der Waals surface area contributed by atoms with Crippen LogP contribution in [0.2, 0.25) is 0 Å². The fraction of sp³-hybridized carbons (Fsp3) is 0.619. The highest BCUT2D eigenvalue weighted by Crippen LogP contribution is 2.27. The lowest BCUT2D eigenvalue weighted by Gasteiger charge is -2.26. The number of rotatable bonds is 4. The summed E-state index contributed by atoms with van der Waals surface area (Å²) in [5.41, 5.74) is 0.753. The minimum atomic E-state index is 0.125. The average molecular weight is 388 g/mol. The maximum absolute atomic E-state index is 13.3. The van der Waals surface area contributed by atoms with Crippen LogP contribution in [-0.4, -0.2) is 77.6 Å². The van der Waals surface area contributed by atoms with E-state index < -0.39 is 0 Å². The molecule has 146 valence electrons. The summed E-state index contributed by atoms with van der Waals surface area (Å²) in [6, 6.07) is 8.31. The SMILES string of the molecule is O=C(CSc1ccccc1C(=O)N1CCCN2CCCC2C1)N1CCCC1. The minimum absolute atomic E-state index is 0.125. The van der Waals surface area contributed by atoms with Gasteiger partial charge in [0, 0.05) is 43.7 Å². The molecule has 0 spiro atoms. The van der Waals surface area contributed by atoms with Crippen LogP contribution < -0.4 is 0 Å². The first-order chi connectivity index (χ1) is 13.2. The van der Waals surface area contributed by atoms with Crippen LogP contribution in [0.15, 0.2) is 29.2 Å². The van der Waals surface area contributed by atoms with Gasteiger partial charge < -0.3 is 9.80 Å². The average Bonchev–Trinajstić information content (AvgIpc) is 3.34. The van der Waals surface area contributed by atoms with Crippen molar-refractivity contribution in [2.24, 2.45) is 0 Å². The van der Waals surface area contributed by atoms with Gasteiger partial charge in [0.15, 0.2) is 0 Å². The van der Waals surface area contributed by atoms with Gasteiger partial charge in [0.2, 0.25) is 5.91 Å². The van der Waals surface area contributed by atoms with Crippen molar-refractivity contribution in [3.05, 3.63) is 29.8 Å². The monoisotopic (exact) mass is 387 g/mol. The van der Waals surface area contributed by atoms with Crippen molar-refractivity contribution in [2.75, 3.05) is 45.0 Å². The Hall–Kier alpha value is -1.53. The molecule has 5 nitrogen and oxygen atoms in total. The molecule has 1 aromatic carbocycles. The van der Waals surface area contributed by atoms with E-state index in [1.165, 1.54) is 31.1 Å². The number of benzene rings is 1. The molecular weight excluding hydrogens is 358 g/mol. The van der Waals surface area contributed by atoms with Gasteiger partial charge in [-0.2, -0.15) is 0 Å². The predicted molar refractivity (Wildman–Crippen MR) is 108 cm³/mol. The molecular formula is C21H29N3O2S. The fourth-order valence-corrected chi connectivity index (χ4v) is 5.48. The van der Waals surface area contributed by atoms with Crippen molar-refractivity contribution in [1.29, 1.82) is 0 Å². The molecule has 1 atom stereocenters. The smallest absolute Gasteiger partial charge is 0.255 e. The van der Waals surface area contributed by atoms with Crippen molar-refractivity contribution in [2.45, 2.75) is 43.0 Å². The molecule has 6 heteroatoms. The second-order valence-electron chi connectivity index (χ2n) is 7.81. The van der Waals surface area contributed by atoms with Gasteiger partial charge in [0.05, 0.1) is 11.3 Å². The van der Waals surface area contributed by atoms with Gasteiger partial charge in [0.25, 0.3) is 5.91 Å². The molecule has 0 bridgehead atoms. The Bertz CT molecular complexity index is 690. The normalized spacial score (nSPS) is 23.3. The summed E-state index contributed by atoms with van der Waals surface area (Å²) < 4.78 is 0. The van der Waals surface area contributed by atoms with Crippen LogP contribution in [0.1, 0.15) is 42.5 Å². The zero-order valence-electron chi connectivity index (χ0n) is 15.9. The molecule has 0 radical (unpaired) electrons. The largest absolute Gasteiger partial charge is 0.342 e. The number of carbonyl (C=O) groups excluding carboxylic acids is 2. The Kier molecular flexibility index (Phi) is 6.03. The zero-order chi connectivity index (χ0) is 18.6. The van der Waals surface area contributed by atoms with Crippen molar-refractivity contribution >= 4 is 23.6 Å². The molecule has 3 saturated heterocycles. The van der Waals surface area contributed by atoms with Gasteiger partial charge in [-0.15, -0.1) is 11.8 Å². The van der Waals surface area contributed by atoms with Gasteiger partial charge in [-0.1, -0.05) is 12.1 Å². The first-order valence-electron chi connectivity index (χ1n) is 10.3. The van der Waals surface area contributed by atoms with E-state index in [9.17, 15) is 9.59 Å². The first kappa shape index (κ1) is 18.8. The van der Waals surface area contributed by atoms with Crippen LogP contribution in [0.25, 0.3) is 0 Å². The van der Waals surface area contributed by atoms with Gasteiger partial charge in [0.1, 0.15) is 0 Å². The van der Waals surface area contributed by atoms with Gasteiger partial charge in [-0.05, 0) is 50.8 Å². The molecule has 0 aromatic heterocycles. The fourth-order valence-electron chi connectivity index (χ4n) is 4.53. The van der Waals surface area contributed by atoms with Crippen LogP contribution in [0.5, 0.6) is 0 Å². The third-order valence-electron chi connectivity index (χ3n) is 6.02. The van der Waals surface area contributed by atoms with E-state index in [4.69, 9.17) is 0 Å². The van der Waals surface area contributed by atoms with Crippen LogP contribution in [-0.2, 0) is 4.79 Å². The van der Waals surface area contributed by atoms with E-state index in [1.807, 2.05) is 34.1 Å². The van der Waals surface area contributed by atoms with E-state index in [2.05, 4.69) is 4.90 Å². The molecule has 3 heterocycles. The van der Waals surface area contributed by atoms with E-state index in [-0.39, 0.29) is 11.8 Å². The standard InChI is InChI=1S/C21H29N3O2S/c25-20(23-10-3-4-11-23)16-27-19-9-2-1-8-18(19)21(26)24-14-6-13-22-12-5-7-17(22)15-24/h1-2,8-9,17H,3-7,10-16H2. The number of amides is 2. The summed E-state index contributed by atoms with van der Waals surface area (Å²) in [7, 11) is 0. The third-order valence-corrected chi connectivity index (χ3v) is 7.08. The number of carbonyl (C=O) groups is 2. The molecule has 0 N–H and O–H groups in total. The minimum Gasteiger partial charge on any atom is -0.342 e. The number of hydrogen-bond donors (Lipinski definition) is 0. The highest BCUT2D eigenvalue weighted by Gasteiger charge is 2.31. The number of fused-ring (bicyclic) bond motifs is 1. The number of likely N-dealkylation sites (tertiary alicyclic amines) is 1. The maximum atomic E-state index is 13.3. The van der Waals surface area contributed by atoms with Crippen molar-refractivity contribution in [3.8, 4) is 0 Å². The van der Waals surface area contributed by atoms with Gasteiger partial charge >= 0.3 is 0 Å². The molecule has 3 aliphatic heterocycles. The third kappa shape index (κ3) is 4.32. The van der Waals surface area contributed by atoms with Crippen LogP contribution in [0.3, 0.4) is 0 Å². The molecule has 1 aromatic rings. The van der Waals surface area contributed by atoms with Crippen molar-refractivity contribution < 1.29 is 9.59 Å². The molecule has 0 saturated carbocycles. The second-order valence-corrected chi connectivity index (χ2v) is 8.83. The van der Waals surface area contributed by atoms with Crippen LogP contribution in [0.4, 0.5) is 0 Å². The lowest BCUT2D eigenvalue weighted by Crippen LogP contribution is -2.39. The molecule has 4 rings (SSSR count). The summed E-state index contributed by atoms with van der Waals surface area (Å²) >= 11 is 1.51. The molecule has 2 amide bonds. The molecule has 0 aliphatic carbocycles. The van der Waals surface area contributed by atoms with E-state index in [1.54, 1.807) is 0 Å². The Morgan fingerprint density at radius 1 is 0.926 bits per heavy atom. The maximum Gasteiger partial charge on any atom is 0.255 e. The molecule has 27 heavy (non-hydrogen) atoms. The number of thioether (sulfide) groups is 1. The Morgan fingerprint density at radius 2 is 1.67 bits per heavy atom.